The second-order valence-electron chi connectivity index (χ2n) is 6.83. The average molecular weight is 504 g/mol. The number of thioether (sulfide) groups is 2. The number of nitrogens with zero attached hydrogens (tertiary/aromatic N) is 3. The lowest BCUT2D eigenvalue weighted by Crippen LogP contribution is -2.35. The van der Waals surface area contributed by atoms with Crippen molar-refractivity contribution in [3.8, 4) is 5.75 Å². The maximum Gasteiger partial charge on any atom is 0.272 e. The van der Waals surface area contributed by atoms with Crippen molar-refractivity contribution in [3.63, 3.8) is 0 Å². The minimum Gasteiger partial charge on any atom is -0.497 e. The molecule has 1 aromatic heterocycles. The van der Waals surface area contributed by atoms with Crippen LogP contribution in [0.15, 0.2) is 53.2 Å². The Balaban J connectivity index is 1.97. The summed E-state index contributed by atoms with van der Waals surface area (Å²) >= 11 is 9.50. The zero-order chi connectivity index (χ0) is 23.0. The molecule has 2 aromatic rings. The van der Waals surface area contributed by atoms with E-state index in [0.717, 1.165) is 21.4 Å². The molecule has 0 atom stereocenters. The van der Waals surface area contributed by atoms with Gasteiger partial charge in [-0.2, -0.15) is 0 Å². The van der Waals surface area contributed by atoms with Gasteiger partial charge < -0.3 is 9.64 Å². The Morgan fingerprint density at radius 3 is 2.53 bits per heavy atom. The van der Waals surface area contributed by atoms with Gasteiger partial charge in [-0.3, -0.25) is 19.1 Å². The highest BCUT2D eigenvalue weighted by Gasteiger charge is 2.34. The number of amides is 1. The number of anilines is 1. The third kappa shape index (κ3) is 3.75. The molecule has 1 fully saturated rings. The lowest BCUT2D eigenvalue weighted by Gasteiger charge is -2.17. The van der Waals surface area contributed by atoms with Gasteiger partial charge in [-0.15, -0.1) is 24.5 Å². The maximum atomic E-state index is 13.5. The van der Waals surface area contributed by atoms with Crippen LogP contribution in [0.25, 0.3) is 9.93 Å². The number of ether oxygens (including phenoxy) is 1. The predicted molar refractivity (Wildman–Crippen MR) is 139 cm³/mol. The van der Waals surface area contributed by atoms with E-state index in [4.69, 9.17) is 17.0 Å². The minimum absolute atomic E-state index is 0.139. The van der Waals surface area contributed by atoms with Crippen LogP contribution in [0, 0.1) is 0 Å². The molecular formula is C22H21N3O3S4. The molecule has 166 valence electrons. The Bertz CT molecular complexity index is 1320. The third-order valence-electron chi connectivity index (χ3n) is 4.97. The zero-order valence-corrected chi connectivity index (χ0v) is 20.9. The SMILES string of the molecule is C=CCN1C(=O)C(=c2s/c(=C3/Sc4ccc(OC)cc4N3CC)c(=O)n2CC=C)SC1=S. The number of aromatic nitrogens is 1. The summed E-state index contributed by atoms with van der Waals surface area (Å²) < 4.78 is 8.66. The van der Waals surface area contributed by atoms with Crippen molar-refractivity contribution >= 4 is 72.9 Å². The Kier molecular flexibility index (Phi) is 6.66. The summed E-state index contributed by atoms with van der Waals surface area (Å²) in [5, 5.41) is 0.858. The van der Waals surface area contributed by atoms with E-state index < -0.39 is 0 Å². The van der Waals surface area contributed by atoms with Crippen LogP contribution in [0.2, 0.25) is 0 Å². The second kappa shape index (κ2) is 9.30. The van der Waals surface area contributed by atoms with E-state index in [1.807, 2.05) is 25.1 Å². The van der Waals surface area contributed by atoms with E-state index in [1.54, 1.807) is 35.6 Å². The van der Waals surface area contributed by atoms with Gasteiger partial charge in [0.25, 0.3) is 11.5 Å². The molecule has 0 N–H and O–H groups in total. The molecule has 10 heteroatoms. The summed E-state index contributed by atoms with van der Waals surface area (Å²) in [5.74, 6) is 0.564. The summed E-state index contributed by atoms with van der Waals surface area (Å²) in [6.07, 6.45) is 3.30. The molecule has 0 bridgehead atoms. The van der Waals surface area contributed by atoms with Crippen LogP contribution in [0.4, 0.5) is 5.69 Å². The monoisotopic (exact) mass is 503 g/mol. The molecule has 32 heavy (non-hydrogen) atoms. The van der Waals surface area contributed by atoms with Gasteiger partial charge in [0, 0.05) is 30.6 Å². The number of methoxy groups -OCH3 is 1. The highest BCUT2D eigenvalue weighted by atomic mass is 32.2. The number of rotatable bonds is 6. The number of thiocarbonyl (C=S) groups is 1. The summed E-state index contributed by atoms with van der Waals surface area (Å²) in [5.41, 5.74) is 0.869. The van der Waals surface area contributed by atoms with Gasteiger partial charge in [-0.25, -0.2) is 0 Å². The predicted octanol–water partition coefficient (Wildman–Crippen LogP) is 2.96. The number of fused-ring (bicyclic) bond motifs is 1. The standard InChI is InChI=1S/C22H21N3O3S4/c1-5-10-24-18(26)16(31-21(24)17-19(27)25(11-6-2)22(29)32-17)20-23(7-3)14-12-13(28-4)8-9-15(14)30-20/h5-6,8-9,12H,1-2,7,10-11H2,3-4H3/b20-16+,21-17?. The quantitative estimate of drug-likeness (QED) is 0.444. The molecule has 0 saturated carbocycles. The summed E-state index contributed by atoms with van der Waals surface area (Å²) in [6, 6.07) is 5.89. The molecular weight excluding hydrogens is 483 g/mol. The summed E-state index contributed by atoms with van der Waals surface area (Å²) in [4.78, 5) is 31.7. The van der Waals surface area contributed by atoms with Crippen LogP contribution in [0.1, 0.15) is 6.92 Å². The van der Waals surface area contributed by atoms with Crippen LogP contribution < -0.4 is 24.4 Å². The molecule has 4 rings (SSSR count). The van der Waals surface area contributed by atoms with E-state index in [2.05, 4.69) is 18.1 Å². The van der Waals surface area contributed by atoms with E-state index >= 15 is 0 Å². The Hall–Kier alpha value is -2.27. The van der Waals surface area contributed by atoms with Crippen LogP contribution >= 0.6 is 47.1 Å². The van der Waals surface area contributed by atoms with Crippen molar-refractivity contribution in [1.82, 2.24) is 9.47 Å². The molecule has 1 amide bonds. The normalized spacial score (nSPS) is 18.9. The van der Waals surface area contributed by atoms with Gasteiger partial charge in [-0.05, 0) is 19.1 Å². The molecule has 0 aliphatic carbocycles. The van der Waals surface area contributed by atoms with Crippen LogP contribution in [-0.4, -0.2) is 39.9 Å². The van der Waals surface area contributed by atoms with Gasteiger partial charge in [0.05, 0.1) is 12.8 Å². The fourth-order valence-electron chi connectivity index (χ4n) is 3.50. The van der Waals surface area contributed by atoms with E-state index in [9.17, 15) is 9.59 Å². The van der Waals surface area contributed by atoms with Gasteiger partial charge in [0.1, 0.15) is 29.2 Å². The number of carbonyl (C=O) groups excluding carboxylic acids is 1. The molecule has 0 unspecified atom stereocenters. The summed E-state index contributed by atoms with van der Waals surface area (Å²) in [6.45, 7) is 10.9. The molecule has 6 nitrogen and oxygen atoms in total. The van der Waals surface area contributed by atoms with E-state index in [-0.39, 0.29) is 11.5 Å². The van der Waals surface area contributed by atoms with Crippen molar-refractivity contribution in [3.05, 3.63) is 63.1 Å². The van der Waals surface area contributed by atoms with Crippen molar-refractivity contribution in [2.75, 3.05) is 25.1 Å². The topological polar surface area (TPSA) is 54.8 Å². The fraction of sp³-hybridized carbons (Fsp3) is 0.227. The maximum absolute atomic E-state index is 13.5. The highest BCUT2D eigenvalue weighted by molar-refractivity contribution is 8.30. The number of hydrogen-bond acceptors (Lipinski definition) is 8. The number of hydrogen-bond donors (Lipinski definition) is 0. The zero-order valence-electron chi connectivity index (χ0n) is 17.6. The first-order valence-electron chi connectivity index (χ1n) is 9.82. The molecule has 1 aromatic carbocycles. The Morgan fingerprint density at radius 1 is 1.12 bits per heavy atom. The first-order valence-corrected chi connectivity index (χ1v) is 12.7. The molecule has 0 spiro atoms. The average Bonchev–Trinajstić information content (AvgIpc) is 3.40. The lowest BCUT2D eigenvalue weighted by atomic mass is 10.2. The van der Waals surface area contributed by atoms with Gasteiger partial charge in [0.15, 0.2) is 0 Å². The molecule has 2 aliphatic rings. The largest absolute Gasteiger partial charge is 0.497 e. The van der Waals surface area contributed by atoms with E-state index in [1.165, 1.54) is 28.0 Å². The van der Waals surface area contributed by atoms with Gasteiger partial charge >= 0.3 is 0 Å². The first-order chi connectivity index (χ1) is 15.4. The molecule has 1 saturated heterocycles. The van der Waals surface area contributed by atoms with Crippen molar-refractivity contribution < 1.29 is 9.53 Å². The first kappa shape index (κ1) is 22.9. The smallest absolute Gasteiger partial charge is 0.272 e. The van der Waals surface area contributed by atoms with Gasteiger partial charge in [-0.1, -0.05) is 47.9 Å². The van der Waals surface area contributed by atoms with Crippen molar-refractivity contribution in [2.45, 2.75) is 18.4 Å². The van der Waals surface area contributed by atoms with Crippen molar-refractivity contribution in [1.29, 1.82) is 0 Å². The molecule has 2 aliphatic heterocycles. The number of allylic oxidation sites excluding steroid dienone is 1. The highest BCUT2D eigenvalue weighted by Crippen LogP contribution is 2.47. The van der Waals surface area contributed by atoms with Crippen molar-refractivity contribution in [2.24, 2.45) is 0 Å². The van der Waals surface area contributed by atoms with E-state index in [0.29, 0.717) is 38.1 Å². The van der Waals surface area contributed by atoms with Gasteiger partial charge in [0.2, 0.25) is 0 Å². The molecule has 0 radical (unpaired) electrons. The fourth-order valence-corrected chi connectivity index (χ4v) is 7.41. The minimum atomic E-state index is -0.199. The molecule has 3 heterocycles. The van der Waals surface area contributed by atoms with Crippen LogP contribution in [0.5, 0.6) is 5.75 Å². The lowest BCUT2D eigenvalue weighted by molar-refractivity contribution is -0.120. The second-order valence-corrected chi connectivity index (χ2v) is 10.5. The number of thiazole rings is 1. The Labute approximate surface area is 203 Å². The third-order valence-corrected chi connectivity index (χ3v) is 9.04. The van der Waals surface area contributed by atoms with Crippen LogP contribution in [-0.2, 0) is 11.3 Å². The van der Waals surface area contributed by atoms with Crippen LogP contribution in [0.3, 0.4) is 0 Å². The number of carbonyl (C=O) groups is 1. The number of benzene rings is 1. The summed E-state index contributed by atoms with van der Waals surface area (Å²) in [7, 11) is 1.64. The Morgan fingerprint density at radius 2 is 1.88 bits per heavy atom.